The zero-order valence-electron chi connectivity index (χ0n) is 16.5. The number of thiazole rings is 1. The van der Waals surface area contributed by atoms with Gasteiger partial charge < -0.3 is 10.1 Å². The van der Waals surface area contributed by atoms with Crippen molar-refractivity contribution in [1.29, 1.82) is 0 Å². The predicted molar refractivity (Wildman–Crippen MR) is 113 cm³/mol. The van der Waals surface area contributed by atoms with Gasteiger partial charge in [0.2, 0.25) is 5.95 Å². The Labute approximate surface area is 169 Å². The number of rotatable bonds is 5. The molecule has 28 heavy (non-hydrogen) atoms. The molecule has 0 saturated carbocycles. The van der Waals surface area contributed by atoms with Crippen molar-refractivity contribution in [3.05, 3.63) is 52.2 Å². The van der Waals surface area contributed by atoms with Gasteiger partial charge in [0.15, 0.2) is 0 Å². The molecule has 3 heterocycles. The first-order valence-electron chi connectivity index (χ1n) is 9.52. The molecule has 2 aromatic heterocycles. The zero-order chi connectivity index (χ0) is 19.5. The van der Waals surface area contributed by atoms with Gasteiger partial charge in [-0.1, -0.05) is 6.07 Å². The molecule has 6 nitrogen and oxygen atoms in total. The number of ether oxygens (including phenoxy) is 1. The molecule has 1 aromatic carbocycles. The zero-order valence-corrected chi connectivity index (χ0v) is 17.3. The summed E-state index contributed by atoms with van der Waals surface area (Å²) in [5.41, 5.74) is 5.35. The molecule has 1 saturated heterocycles. The van der Waals surface area contributed by atoms with Crippen molar-refractivity contribution in [2.45, 2.75) is 27.3 Å². The lowest BCUT2D eigenvalue weighted by molar-refractivity contribution is 0.0345. The van der Waals surface area contributed by atoms with Crippen LogP contribution < -0.4 is 5.32 Å². The molecule has 3 aromatic rings. The maximum Gasteiger partial charge on any atom is 0.227 e. The van der Waals surface area contributed by atoms with Gasteiger partial charge in [0.25, 0.3) is 0 Å². The molecule has 0 bridgehead atoms. The van der Waals surface area contributed by atoms with Gasteiger partial charge in [-0.25, -0.2) is 15.0 Å². The number of benzene rings is 1. The molecule has 4 rings (SSSR count). The van der Waals surface area contributed by atoms with Crippen LogP contribution in [0.1, 0.15) is 21.7 Å². The van der Waals surface area contributed by atoms with E-state index in [2.05, 4.69) is 54.2 Å². The SMILES string of the molecule is Cc1cc(C)cc(Nc2nccc(-c3nc(C)c(CN4CCOCC4)s3)n2)c1. The molecular weight excluding hydrogens is 370 g/mol. The van der Waals surface area contributed by atoms with E-state index >= 15 is 0 Å². The lowest BCUT2D eigenvalue weighted by Crippen LogP contribution is -2.35. The first-order valence-corrected chi connectivity index (χ1v) is 10.3. The molecule has 1 aliphatic heterocycles. The highest BCUT2D eigenvalue weighted by Crippen LogP contribution is 2.28. The van der Waals surface area contributed by atoms with Crippen LogP contribution in [0.25, 0.3) is 10.7 Å². The number of aromatic nitrogens is 3. The normalized spacial score (nSPS) is 15.0. The van der Waals surface area contributed by atoms with Crippen LogP contribution in [0.4, 0.5) is 11.6 Å². The quantitative estimate of drug-likeness (QED) is 0.702. The summed E-state index contributed by atoms with van der Waals surface area (Å²) in [6, 6.07) is 8.26. The third-order valence-corrected chi connectivity index (χ3v) is 5.88. The second kappa shape index (κ2) is 8.34. The molecule has 7 heteroatoms. The monoisotopic (exact) mass is 395 g/mol. The Bertz CT molecular complexity index is 945. The number of nitrogens with zero attached hydrogens (tertiary/aromatic N) is 4. The van der Waals surface area contributed by atoms with Crippen molar-refractivity contribution < 1.29 is 4.74 Å². The molecule has 1 fully saturated rings. The van der Waals surface area contributed by atoms with Crippen molar-refractivity contribution in [2.24, 2.45) is 0 Å². The first-order chi connectivity index (χ1) is 13.6. The fourth-order valence-electron chi connectivity index (χ4n) is 3.36. The molecule has 0 amide bonds. The number of hydrogen-bond donors (Lipinski definition) is 1. The molecular formula is C21H25N5OS. The van der Waals surface area contributed by atoms with Crippen molar-refractivity contribution in [3.8, 4) is 10.7 Å². The molecule has 146 valence electrons. The summed E-state index contributed by atoms with van der Waals surface area (Å²) in [5.74, 6) is 0.588. The van der Waals surface area contributed by atoms with Gasteiger partial charge in [0.1, 0.15) is 10.7 Å². The third kappa shape index (κ3) is 4.55. The molecule has 0 atom stereocenters. The number of aryl methyl sites for hydroxylation is 3. The highest BCUT2D eigenvalue weighted by molar-refractivity contribution is 7.15. The van der Waals surface area contributed by atoms with Crippen LogP contribution in [-0.4, -0.2) is 46.2 Å². The van der Waals surface area contributed by atoms with Crippen LogP contribution in [0.2, 0.25) is 0 Å². The Kier molecular flexibility index (Phi) is 5.66. The Morgan fingerprint density at radius 2 is 1.82 bits per heavy atom. The van der Waals surface area contributed by atoms with E-state index in [9.17, 15) is 0 Å². The largest absolute Gasteiger partial charge is 0.379 e. The Morgan fingerprint density at radius 3 is 2.57 bits per heavy atom. The Balaban J connectivity index is 1.53. The summed E-state index contributed by atoms with van der Waals surface area (Å²) in [7, 11) is 0. The van der Waals surface area contributed by atoms with Crippen LogP contribution in [0.3, 0.4) is 0 Å². The summed E-state index contributed by atoms with van der Waals surface area (Å²) in [6.07, 6.45) is 1.78. The molecule has 0 radical (unpaired) electrons. The summed E-state index contributed by atoms with van der Waals surface area (Å²) in [6.45, 7) is 10.7. The summed E-state index contributed by atoms with van der Waals surface area (Å²) in [4.78, 5) is 17.5. The van der Waals surface area contributed by atoms with Gasteiger partial charge in [0, 0.05) is 36.4 Å². The minimum atomic E-state index is 0.588. The van der Waals surface area contributed by atoms with Crippen molar-refractivity contribution in [2.75, 3.05) is 31.6 Å². The van der Waals surface area contributed by atoms with Gasteiger partial charge >= 0.3 is 0 Å². The van der Waals surface area contributed by atoms with Crippen LogP contribution in [0.5, 0.6) is 0 Å². The van der Waals surface area contributed by atoms with Gasteiger partial charge in [-0.2, -0.15) is 0 Å². The molecule has 1 N–H and O–H groups in total. The third-order valence-electron chi connectivity index (χ3n) is 4.72. The molecule has 0 spiro atoms. The fraction of sp³-hybridized carbons (Fsp3) is 0.381. The van der Waals surface area contributed by atoms with E-state index in [1.54, 1.807) is 17.5 Å². The van der Waals surface area contributed by atoms with E-state index in [0.717, 1.165) is 54.9 Å². The van der Waals surface area contributed by atoms with Crippen molar-refractivity contribution in [1.82, 2.24) is 19.9 Å². The van der Waals surface area contributed by atoms with Crippen molar-refractivity contribution in [3.63, 3.8) is 0 Å². The summed E-state index contributed by atoms with van der Waals surface area (Å²) >= 11 is 1.71. The Hall–Kier alpha value is -2.35. The predicted octanol–water partition coefficient (Wildman–Crippen LogP) is 4.10. The smallest absolute Gasteiger partial charge is 0.227 e. The number of hydrogen-bond acceptors (Lipinski definition) is 7. The van der Waals surface area contributed by atoms with E-state index in [4.69, 9.17) is 14.7 Å². The second-order valence-corrected chi connectivity index (χ2v) is 8.27. The number of morpholine rings is 1. The lowest BCUT2D eigenvalue weighted by Gasteiger charge is -2.26. The summed E-state index contributed by atoms with van der Waals surface area (Å²) < 4.78 is 5.44. The van der Waals surface area contributed by atoms with Crippen LogP contribution >= 0.6 is 11.3 Å². The van der Waals surface area contributed by atoms with E-state index in [1.807, 2.05) is 6.07 Å². The average molecular weight is 396 g/mol. The average Bonchev–Trinajstić information content (AvgIpc) is 3.02. The van der Waals surface area contributed by atoms with E-state index < -0.39 is 0 Å². The summed E-state index contributed by atoms with van der Waals surface area (Å²) in [5, 5.41) is 4.25. The molecule has 0 aliphatic carbocycles. The van der Waals surface area contributed by atoms with E-state index in [-0.39, 0.29) is 0 Å². The van der Waals surface area contributed by atoms with Gasteiger partial charge in [-0.3, -0.25) is 4.90 Å². The minimum Gasteiger partial charge on any atom is -0.379 e. The molecule has 0 unspecified atom stereocenters. The van der Waals surface area contributed by atoms with E-state index in [1.165, 1.54) is 16.0 Å². The van der Waals surface area contributed by atoms with Crippen LogP contribution in [0, 0.1) is 20.8 Å². The van der Waals surface area contributed by atoms with E-state index in [0.29, 0.717) is 5.95 Å². The lowest BCUT2D eigenvalue weighted by atomic mass is 10.1. The van der Waals surface area contributed by atoms with Crippen molar-refractivity contribution >= 4 is 23.0 Å². The maximum atomic E-state index is 5.44. The highest BCUT2D eigenvalue weighted by Gasteiger charge is 2.16. The Morgan fingerprint density at radius 1 is 1.07 bits per heavy atom. The fourth-order valence-corrected chi connectivity index (χ4v) is 4.44. The topological polar surface area (TPSA) is 63.2 Å². The minimum absolute atomic E-state index is 0.588. The standard InChI is InChI=1S/C21H25N5OS/c1-14-10-15(2)12-17(11-14)24-21-22-5-4-18(25-21)20-23-16(3)19(28-20)13-26-6-8-27-9-7-26/h4-5,10-12H,6-9,13H2,1-3H3,(H,22,24,25). The van der Waals surface area contributed by atoms with Crippen LogP contribution in [0.15, 0.2) is 30.5 Å². The first kappa shape index (κ1) is 19.0. The second-order valence-electron chi connectivity index (χ2n) is 7.18. The number of anilines is 2. The van der Waals surface area contributed by atoms with Crippen LogP contribution in [-0.2, 0) is 11.3 Å². The number of nitrogens with one attached hydrogen (secondary N) is 1. The maximum absolute atomic E-state index is 5.44. The highest BCUT2D eigenvalue weighted by atomic mass is 32.1. The van der Waals surface area contributed by atoms with Gasteiger partial charge in [0.05, 0.1) is 18.9 Å². The van der Waals surface area contributed by atoms with Gasteiger partial charge in [-0.15, -0.1) is 11.3 Å². The molecule has 1 aliphatic rings. The van der Waals surface area contributed by atoms with Gasteiger partial charge in [-0.05, 0) is 50.1 Å².